The van der Waals surface area contributed by atoms with Gasteiger partial charge in [-0.25, -0.2) is 13.4 Å². The first kappa shape index (κ1) is 16.1. The highest BCUT2D eigenvalue weighted by atomic mass is 32.2. The van der Waals surface area contributed by atoms with E-state index in [4.69, 9.17) is 9.84 Å². The van der Waals surface area contributed by atoms with Gasteiger partial charge in [0.05, 0.1) is 13.3 Å². The fourth-order valence-electron chi connectivity index (χ4n) is 1.58. The number of nitrogens with zero attached hydrogens (tertiary/aromatic N) is 2. The van der Waals surface area contributed by atoms with Gasteiger partial charge in [-0.2, -0.15) is 4.31 Å². The SMILES string of the molecule is C=CCN(CC(=O)O)S(=O)(=O)c1cnc(OC)cc1C. The molecule has 0 fully saturated rings. The molecule has 110 valence electrons. The number of hydrogen-bond acceptors (Lipinski definition) is 5. The van der Waals surface area contributed by atoms with Gasteiger partial charge in [-0.05, 0) is 12.5 Å². The average Bonchev–Trinajstić information content (AvgIpc) is 2.37. The van der Waals surface area contributed by atoms with Gasteiger partial charge < -0.3 is 9.84 Å². The van der Waals surface area contributed by atoms with Crippen molar-refractivity contribution >= 4 is 16.0 Å². The molecular weight excluding hydrogens is 284 g/mol. The van der Waals surface area contributed by atoms with E-state index in [0.29, 0.717) is 5.56 Å². The molecular formula is C12H16N2O5S. The maximum atomic E-state index is 12.4. The van der Waals surface area contributed by atoms with Crippen molar-refractivity contribution in [2.45, 2.75) is 11.8 Å². The lowest BCUT2D eigenvalue weighted by Crippen LogP contribution is -2.36. The van der Waals surface area contributed by atoms with Gasteiger partial charge in [-0.1, -0.05) is 6.08 Å². The summed E-state index contributed by atoms with van der Waals surface area (Å²) in [5.74, 6) is -0.954. The summed E-state index contributed by atoms with van der Waals surface area (Å²) in [6, 6.07) is 1.47. The van der Waals surface area contributed by atoms with E-state index < -0.39 is 22.5 Å². The minimum absolute atomic E-state index is 0.0543. The molecule has 0 atom stereocenters. The van der Waals surface area contributed by atoms with Gasteiger partial charge >= 0.3 is 5.97 Å². The van der Waals surface area contributed by atoms with Crippen molar-refractivity contribution < 1.29 is 23.1 Å². The Kier molecular flexibility index (Phi) is 5.23. The Labute approximate surface area is 117 Å². The maximum absolute atomic E-state index is 12.4. The molecule has 1 heterocycles. The number of aromatic nitrogens is 1. The Balaban J connectivity index is 3.25. The van der Waals surface area contributed by atoms with E-state index in [1.165, 1.54) is 19.3 Å². The molecule has 8 heteroatoms. The van der Waals surface area contributed by atoms with Crippen LogP contribution in [-0.2, 0) is 14.8 Å². The topological polar surface area (TPSA) is 96.8 Å². The van der Waals surface area contributed by atoms with Crippen molar-refractivity contribution in [1.29, 1.82) is 0 Å². The summed E-state index contributed by atoms with van der Waals surface area (Å²) in [6.45, 7) is 4.28. The molecule has 1 N–H and O–H groups in total. The zero-order valence-corrected chi connectivity index (χ0v) is 12.1. The number of sulfonamides is 1. The quantitative estimate of drug-likeness (QED) is 0.743. The monoisotopic (exact) mass is 300 g/mol. The van der Waals surface area contributed by atoms with Gasteiger partial charge in [0.15, 0.2) is 0 Å². The number of ether oxygens (including phenoxy) is 1. The third-order valence-electron chi connectivity index (χ3n) is 2.51. The van der Waals surface area contributed by atoms with E-state index in [0.717, 1.165) is 10.5 Å². The molecule has 1 aromatic rings. The molecule has 1 rings (SSSR count). The molecule has 0 amide bonds. The molecule has 0 aliphatic rings. The number of methoxy groups -OCH3 is 1. The number of aliphatic carboxylic acids is 1. The van der Waals surface area contributed by atoms with E-state index in [1.54, 1.807) is 6.92 Å². The van der Waals surface area contributed by atoms with E-state index in [-0.39, 0.29) is 17.3 Å². The average molecular weight is 300 g/mol. The second kappa shape index (κ2) is 6.49. The molecule has 0 aliphatic carbocycles. The minimum atomic E-state index is -3.95. The first-order valence-electron chi connectivity index (χ1n) is 5.66. The number of aryl methyl sites for hydroxylation is 1. The van der Waals surface area contributed by atoms with Crippen molar-refractivity contribution in [3.05, 3.63) is 30.5 Å². The molecule has 0 saturated carbocycles. The highest BCUT2D eigenvalue weighted by Gasteiger charge is 2.27. The lowest BCUT2D eigenvalue weighted by molar-refractivity contribution is -0.137. The van der Waals surface area contributed by atoms with Gasteiger partial charge in [0, 0.05) is 12.6 Å². The second-order valence-electron chi connectivity index (χ2n) is 3.97. The number of pyridine rings is 1. The van der Waals surface area contributed by atoms with Crippen molar-refractivity contribution in [2.24, 2.45) is 0 Å². The van der Waals surface area contributed by atoms with Crippen LogP contribution in [0.15, 0.2) is 29.8 Å². The molecule has 0 aromatic carbocycles. The van der Waals surface area contributed by atoms with Crippen LogP contribution < -0.4 is 4.74 Å². The predicted octanol–water partition coefficient (Wildman–Crippen LogP) is 0.660. The van der Waals surface area contributed by atoms with Crippen molar-refractivity contribution in [3.8, 4) is 5.88 Å². The summed E-state index contributed by atoms with van der Waals surface area (Å²) in [5, 5.41) is 8.80. The third-order valence-corrected chi connectivity index (χ3v) is 4.45. The lowest BCUT2D eigenvalue weighted by Gasteiger charge is -2.19. The number of carbonyl (C=O) groups is 1. The van der Waals surface area contributed by atoms with Crippen LogP contribution in [0.5, 0.6) is 5.88 Å². The van der Waals surface area contributed by atoms with Crippen LogP contribution in [-0.4, -0.2) is 49.0 Å². The van der Waals surface area contributed by atoms with E-state index in [9.17, 15) is 13.2 Å². The van der Waals surface area contributed by atoms with Gasteiger partial charge in [0.1, 0.15) is 11.4 Å². The highest BCUT2D eigenvalue weighted by molar-refractivity contribution is 7.89. The van der Waals surface area contributed by atoms with Gasteiger partial charge in [0.2, 0.25) is 15.9 Å². The zero-order chi connectivity index (χ0) is 15.3. The molecule has 0 bridgehead atoms. The van der Waals surface area contributed by atoms with Gasteiger partial charge in [0.25, 0.3) is 0 Å². The number of rotatable bonds is 7. The van der Waals surface area contributed by atoms with E-state index in [2.05, 4.69) is 11.6 Å². The normalized spacial score (nSPS) is 11.3. The Morgan fingerprint density at radius 1 is 1.60 bits per heavy atom. The second-order valence-corrected chi connectivity index (χ2v) is 5.88. The van der Waals surface area contributed by atoms with Crippen LogP contribution in [0, 0.1) is 6.92 Å². The van der Waals surface area contributed by atoms with Crippen molar-refractivity contribution in [2.75, 3.05) is 20.2 Å². The summed E-state index contributed by atoms with van der Waals surface area (Å²) in [6.07, 6.45) is 2.48. The Morgan fingerprint density at radius 2 is 2.25 bits per heavy atom. The van der Waals surface area contributed by atoms with Gasteiger partial charge in [-0.3, -0.25) is 4.79 Å². The van der Waals surface area contributed by atoms with Crippen molar-refractivity contribution in [1.82, 2.24) is 9.29 Å². The van der Waals surface area contributed by atoms with Crippen LogP contribution in [0.1, 0.15) is 5.56 Å². The summed E-state index contributed by atoms with van der Waals surface area (Å²) in [5.41, 5.74) is 0.427. The summed E-state index contributed by atoms with van der Waals surface area (Å²) >= 11 is 0. The van der Waals surface area contributed by atoms with Crippen LogP contribution in [0.2, 0.25) is 0 Å². The summed E-state index contributed by atoms with van der Waals surface area (Å²) < 4.78 is 30.5. The largest absolute Gasteiger partial charge is 0.481 e. The Bertz CT molecular complexity index is 612. The smallest absolute Gasteiger partial charge is 0.318 e. The fraction of sp³-hybridized carbons (Fsp3) is 0.333. The molecule has 0 unspecified atom stereocenters. The van der Waals surface area contributed by atoms with Crippen LogP contribution in [0.25, 0.3) is 0 Å². The summed E-state index contributed by atoms with van der Waals surface area (Å²) in [4.78, 5) is 14.6. The number of carboxylic acid groups (broad SMARTS) is 1. The highest BCUT2D eigenvalue weighted by Crippen LogP contribution is 2.21. The Hall–Kier alpha value is -1.93. The molecule has 1 aromatic heterocycles. The van der Waals surface area contributed by atoms with E-state index >= 15 is 0 Å². The molecule has 0 radical (unpaired) electrons. The van der Waals surface area contributed by atoms with Crippen LogP contribution in [0.4, 0.5) is 0 Å². The minimum Gasteiger partial charge on any atom is -0.481 e. The molecule has 20 heavy (non-hydrogen) atoms. The first-order chi connectivity index (χ1) is 9.32. The predicted molar refractivity (Wildman–Crippen MR) is 72.1 cm³/mol. The Morgan fingerprint density at radius 3 is 2.70 bits per heavy atom. The fourth-order valence-corrected chi connectivity index (χ4v) is 3.09. The van der Waals surface area contributed by atoms with Crippen LogP contribution in [0.3, 0.4) is 0 Å². The standard InChI is InChI=1S/C12H16N2O5S/c1-4-5-14(8-12(15)16)20(17,18)10-7-13-11(19-3)6-9(10)2/h4,6-7H,1,5,8H2,2-3H3,(H,15,16). The number of carboxylic acids is 1. The summed E-state index contributed by atoms with van der Waals surface area (Å²) in [7, 11) is -2.53. The number of hydrogen-bond donors (Lipinski definition) is 1. The molecule has 0 aliphatic heterocycles. The van der Waals surface area contributed by atoms with Crippen molar-refractivity contribution in [3.63, 3.8) is 0 Å². The van der Waals surface area contributed by atoms with E-state index in [1.807, 2.05) is 0 Å². The zero-order valence-electron chi connectivity index (χ0n) is 11.2. The molecule has 0 spiro atoms. The first-order valence-corrected chi connectivity index (χ1v) is 7.10. The lowest BCUT2D eigenvalue weighted by atomic mass is 10.3. The maximum Gasteiger partial charge on any atom is 0.318 e. The molecule has 0 saturated heterocycles. The molecule has 7 nitrogen and oxygen atoms in total. The van der Waals surface area contributed by atoms with Crippen LogP contribution >= 0.6 is 0 Å². The third kappa shape index (κ3) is 3.55. The van der Waals surface area contributed by atoms with Gasteiger partial charge in [-0.15, -0.1) is 6.58 Å².